The highest BCUT2D eigenvalue weighted by Crippen LogP contribution is 2.39. The molecule has 0 saturated carbocycles. The van der Waals surface area contributed by atoms with Crippen LogP contribution in [0.25, 0.3) is 0 Å². The number of carbonyl (C=O) groups excluding carboxylic acids is 1. The van der Waals surface area contributed by atoms with Gasteiger partial charge in [-0.15, -0.1) is 0 Å². The molecule has 0 aromatic heterocycles. The molecule has 0 radical (unpaired) electrons. The number of nitrogens with one attached hydrogen (secondary N) is 2. The summed E-state index contributed by atoms with van der Waals surface area (Å²) in [6.45, 7) is 8.59. The molecule has 3 rings (SSSR count). The summed E-state index contributed by atoms with van der Waals surface area (Å²) in [6, 6.07) is 10.5. The summed E-state index contributed by atoms with van der Waals surface area (Å²) in [6.07, 6.45) is 0.941. The Labute approximate surface area is 137 Å². The molecule has 1 fully saturated rings. The number of nitrogens with zero attached hydrogens (tertiary/aromatic N) is 1. The van der Waals surface area contributed by atoms with Crippen molar-refractivity contribution in [1.82, 2.24) is 15.8 Å². The normalized spacial score (nSPS) is 25.8. The number of benzene rings is 1. The Kier molecular flexibility index (Phi) is 4.06. The molecule has 0 aliphatic carbocycles. The SMILES string of the molecule is CCOC(=O)C1=C2NC(c3ccccc3)CC(C)(C)N2NC1C. The summed E-state index contributed by atoms with van der Waals surface area (Å²) in [5.41, 5.74) is 5.21. The van der Waals surface area contributed by atoms with E-state index in [1.54, 1.807) is 0 Å². The minimum atomic E-state index is -0.248. The van der Waals surface area contributed by atoms with Gasteiger partial charge in [0.25, 0.3) is 0 Å². The molecule has 2 heterocycles. The van der Waals surface area contributed by atoms with Crippen molar-refractivity contribution in [2.45, 2.75) is 51.7 Å². The molecule has 23 heavy (non-hydrogen) atoms. The first-order valence-corrected chi connectivity index (χ1v) is 8.23. The maximum absolute atomic E-state index is 12.4. The Hall–Kier alpha value is -2.01. The van der Waals surface area contributed by atoms with Crippen LogP contribution >= 0.6 is 0 Å². The number of rotatable bonds is 3. The fourth-order valence-electron chi connectivity index (χ4n) is 3.44. The van der Waals surface area contributed by atoms with Crippen LogP contribution in [-0.2, 0) is 9.53 Å². The highest BCUT2D eigenvalue weighted by molar-refractivity contribution is 5.91. The van der Waals surface area contributed by atoms with Gasteiger partial charge < -0.3 is 10.1 Å². The molecule has 2 atom stereocenters. The van der Waals surface area contributed by atoms with Crippen molar-refractivity contribution in [3.63, 3.8) is 0 Å². The van der Waals surface area contributed by atoms with Gasteiger partial charge >= 0.3 is 5.97 Å². The summed E-state index contributed by atoms with van der Waals surface area (Å²) < 4.78 is 5.25. The minimum Gasteiger partial charge on any atom is -0.462 e. The lowest BCUT2D eigenvalue weighted by Crippen LogP contribution is -2.57. The fourth-order valence-corrected chi connectivity index (χ4v) is 3.44. The molecule has 1 aromatic rings. The van der Waals surface area contributed by atoms with Crippen molar-refractivity contribution < 1.29 is 9.53 Å². The lowest BCUT2D eigenvalue weighted by molar-refractivity contribution is -0.138. The highest BCUT2D eigenvalue weighted by Gasteiger charge is 2.45. The first-order valence-electron chi connectivity index (χ1n) is 8.23. The number of hydrogen-bond donors (Lipinski definition) is 2. The molecule has 2 aliphatic rings. The van der Waals surface area contributed by atoms with Gasteiger partial charge in [0.1, 0.15) is 5.82 Å². The molecular weight excluding hydrogens is 290 g/mol. The van der Waals surface area contributed by atoms with Crippen molar-refractivity contribution in [2.75, 3.05) is 6.61 Å². The van der Waals surface area contributed by atoms with Crippen LogP contribution in [0.1, 0.15) is 45.7 Å². The average molecular weight is 315 g/mol. The van der Waals surface area contributed by atoms with Crippen LogP contribution in [0.2, 0.25) is 0 Å². The Morgan fingerprint density at radius 3 is 2.70 bits per heavy atom. The van der Waals surface area contributed by atoms with Crippen LogP contribution in [-0.4, -0.2) is 29.2 Å². The second-order valence-corrected chi connectivity index (χ2v) is 6.79. The maximum Gasteiger partial charge on any atom is 0.339 e. The second-order valence-electron chi connectivity index (χ2n) is 6.79. The van der Waals surface area contributed by atoms with E-state index in [9.17, 15) is 4.79 Å². The molecule has 1 aromatic carbocycles. The van der Waals surface area contributed by atoms with E-state index < -0.39 is 0 Å². The van der Waals surface area contributed by atoms with Gasteiger partial charge in [-0.05, 0) is 39.7 Å². The van der Waals surface area contributed by atoms with E-state index in [1.807, 2.05) is 32.0 Å². The van der Waals surface area contributed by atoms with Crippen LogP contribution in [0.3, 0.4) is 0 Å². The molecule has 0 bridgehead atoms. The molecule has 2 unspecified atom stereocenters. The topological polar surface area (TPSA) is 53.6 Å². The van der Waals surface area contributed by atoms with Crippen molar-refractivity contribution in [3.8, 4) is 0 Å². The predicted molar refractivity (Wildman–Crippen MR) is 89.1 cm³/mol. The van der Waals surface area contributed by atoms with Crippen LogP contribution in [0.15, 0.2) is 41.7 Å². The largest absolute Gasteiger partial charge is 0.462 e. The summed E-state index contributed by atoms with van der Waals surface area (Å²) in [5, 5.41) is 5.64. The van der Waals surface area contributed by atoms with E-state index in [4.69, 9.17) is 4.74 Å². The van der Waals surface area contributed by atoms with Gasteiger partial charge in [-0.3, -0.25) is 5.01 Å². The number of esters is 1. The molecule has 0 amide bonds. The summed E-state index contributed by atoms with van der Waals surface area (Å²) in [5.74, 6) is 0.600. The minimum absolute atomic E-state index is 0.0645. The van der Waals surface area contributed by atoms with Crippen molar-refractivity contribution in [3.05, 3.63) is 47.3 Å². The van der Waals surface area contributed by atoms with Crippen LogP contribution in [0, 0.1) is 0 Å². The standard InChI is InChI=1S/C18H25N3O2/c1-5-23-17(22)15-12(2)20-21-16(15)19-14(11-18(21,3)4)13-9-7-6-8-10-13/h6-10,12,14,19-20H,5,11H2,1-4H3. The second kappa shape index (κ2) is 5.89. The third kappa shape index (κ3) is 2.81. The van der Waals surface area contributed by atoms with E-state index >= 15 is 0 Å². The molecule has 0 spiro atoms. The van der Waals surface area contributed by atoms with E-state index in [0.29, 0.717) is 12.2 Å². The number of hydrazine groups is 1. The van der Waals surface area contributed by atoms with Gasteiger partial charge in [-0.1, -0.05) is 30.3 Å². The lowest BCUT2D eigenvalue weighted by atomic mass is 9.88. The Morgan fingerprint density at radius 1 is 1.35 bits per heavy atom. The Balaban J connectivity index is 1.99. The van der Waals surface area contributed by atoms with Crippen LogP contribution in [0.4, 0.5) is 0 Å². The monoisotopic (exact) mass is 315 g/mol. The molecule has 5 heteroatoms. The van der Waals surface area contributed by atoms with E-state index in [2.05, 4.69) is 41.7 Å². The zero-order valence-electron chi connectivity index (χ0n) is 14.2. The predicted octanol–water partition coefficient (Wildman–Crippen LogP) is 2.48. The summed E-state index contributed by atoms with van der Waals surface area (Å²) in [7, 11) is 0. The first-order chi connectivity index (χ1) is 10.9. The first kappa shape index (κ1) is 15.9. The van der Waals surface area contributed by atoms with E-state index in [0.717, 1.165) is 12.2 Å². The third-order valence-electron chi connectivity index (χ3n) is 4.55. The highest BCUT2D eigenvalue weighted by atomic mass is 16.5. The van der Waals surface area contributed by atoms with Crippen molar-refractivity contribution in [1.29, 1.82) is 0 Å². The van der Waals surface area contributed by atoms with E-state index in [1.165, 1.54) is 5.56 Å². The van der Waals surface area contributed by atoms with Gasteiger partial charge in [-0.25, -0.2) is 10.2 Å². The average Bonchev–Trinajstić information content (AvgIpc) is 2.85. The Morgan fingerprint density at radius 2 is 2.04 bits per heavy atom. The molecule has 2 N–H and O–H groups in total. The zero-order chi connectivity index (χ0) is 16.6. The molecule has 124 valence electrons. The maximum atomic E-state index is 12.4. The van der Waals surface area contributed by atoms with Gasteiger partial charge in [0.05, 0.1) is 29.8 Å². The third-order valence-corrected chi connectivity index (χ3v) is 4.55. The van der Waals surface area contributed by atoms with Gasteiger partial charge in [0.15, 0.2) is 0 Å². The van der Waals surface area contributed by atoms with Crippen LogP contribution < -0.4 is 10.7 Å². The number of fused-ring (bicyclic) bond motifs is 1. The smallest absolute Gasteiger partial charge is 0.339 e. The molecular formula is C18H25N3O2. The van der Waals surface area contributed by atoms with Gasteiger partial charge in [0, 0.05) is 0 Å². The van der Waals surface area contributed by atoms with Crippen molar-refractivity contribution >= 4 is 5.97 Å². The quantitative estimate of drug-likeness (QED) is 0.839. The number of carbonyl (C=O) groups is 1. The molecule has 5 nitrogen and oxygen atoms in total. The lowest BCUT2D eigenvalue weighted by Gasteiger charge is -2.46. The zero-order valence-corrected chi connectivity index (χ0v) is 14.2. The summed E-state index contributed by atoms with van der Waals surface area (Å²) >= 11 is 0. The van der Waals surface area contributed by atoms with Crippen molar-refractivity contribution in [2.24, 2.45) is 0 Å². The van der Waals surface area contributed by atoms with Gasteiger partial charge in [0.2, 0.25) is 0 Å². The summed E-state index contributed by atoms with van der Waals surface area (Å²) in [4.78, 5) is 12.4. The molecule has 1 saturated heterocycles. The number of hydrogen-bond acceptors (Lipinski definition) is 5. The number of ether oxygens (including phenoxy) is 1. The Bertz CT molecular complexity index is 624. The molecule has 2 aliphatic heterocycles. The van der Waals surface area contributed by atoms with Gasteiger partial charge in [-0.2, -0.15) is 0 Å². The van der Waals surface area contributed by atoms with Crippen LogP contribution in [0.5, 0.6) is 0 Å². The fraction of sp³-hybridized carbons (Fsp3) is 0.500. The van der Waals surface area contributed by atoms with E-state index in [-0.39, 0.29) is 23.6 Å².